The van der Waals surface area contributed by atoms with Crippen molar-refractivity contribution < 1.29 is 9.59 Å². The van der Waals surface area contributed by atoms with Crippen molar-refractivity contribution in [3.05, 3.63) is 23.8 Å². The Kier molecular flexibility index (Phi) is 6.02. The molecule has 3 rings (SSSR count). The Hall–Kier alpha value is -1.98. The summed E-state index contributed by atoms with van der Waals surface area (Å²) in [5.41, 5.74) is 1.64. The molecule has 2 fully saturated rings. The van der Waals surface area contributed by atoms with Crippen LogP contribution in [0.3, 0.4) is 0 Å². The summed E-state index contributed by atoms with van der Waals surface area (Å²) < 4.78 is 0. The van der Waals surface area contributed by atoms with Crippen LogP contribution in [0.4, 0.5) is 0 Å². The number of hydrogen-bond acceptors (Lipinski definition) is 4. The van der Waals surface area contributed by atoms with Gasteiger partial charge in [-0.2, -0.15) is 0 Å². The topological polar surface area (TPSA) is 66.4 Å². The number of fused-ring (bicyclic) bond motifs is 2. The van der Waals surface area contributed by atoms with E-state index < -0.39 is 0 Å². The molecule has 6 nitrogen and oxygen atoms in total. The number of likely N-dealkylation sites (tertiary alicyclic amines) is 1. The van der Waals surface area contributed by atoms with Gasteiger partial charge in [0.25, 0.3) is 5.91 Å². The second-order valence-electron chi connectivity index (χ2n) is 10.7. The third-order valence-electron chi connectivity index (χ3n) is 6.20. The molecule has 0 spiro atoms. The van der Waals surface area contributed by atoms with E-state index in [9.17, 15) is 9.59 Å². The SMILES string of the molecule is Cc1cnc(C(=O)N(CCC(=O)N2CC3(C)CC2CC(C)(C)C3)CC(C)C)cn1. The molecule has 0 radical (unpaired) electrons. The standard InChI is InChI=1S/C23H36N4O2/c1-16(2)13-26(21(29)19-12-24-17(3)11-25-19)8-7-20(28)27-15-23(6)10-18(27)9-22(4,5)14-23/h11-12,16,18H,7-10,13-15H2,1-6H3. The van der Waals surface area contributed by atoms with Gasteiger partial charge in [-0.15, -0.1) is 0 Å². The van der Waals surface area contributed by atoms with Gasteiger partial charge >= 0.3 is 0 Å². The maximum atomic E-state index is 13.1. The average Bonchev–Trinajstić information content (AvgIpc) is 2.87. The zero-order valence-electron chi connectivity index (χ0n) is 18.9. The van der Waals surface area contributed by atoms with Gasteiger partial charge in [0.15, 0.2) is 0 Å². The molecule has 6 heteroatoms. The molecule has 29 heavy (non-hydrogen) atoms. The van der Waals surface area contributed by atoms with E-state index in [2.05, 4.69) is 49.5 Å². The Morgan fingerprint density at radius 1 is 1.21 bits per heavy atom. The lowest BCUT2D eigenvalue weighted by Gasteiger charge is -2.39. The molecule has 2 bridgehead atoms. The number of carbonyl (C=O) groups is 2. The Morgan fingerprint density at radius 2 is 1.93 bits per heavy atom. The molecule has 0 aromatic carbocycles. The van der Waals surface area contributed by atoms with Gasteiger partial charge in [0.2, 0.25) is 5.91 Å². The smallest absolute Gasteiger partial charge is 0.274 e. The van der Waals surface area contributed by atoms with E-state index in [1.807, 2.05) is 6.92 Å². The summed E-state index contributed by atoms with van der Waals surface area (Å²) >= 11 is 0. The van der Waals surface area contributed by atoms with Gasteiger partial charge in [-0.1, -0.05) is 34.6 Å². The number of rotatable bonds is 6. The number of aromatic nitrogens is 2. The average molecular weight is 401 g/mol. The summed E-state index contributed by atoms with van der Waals surface area (Å²) in [6.07, 6.45) is 6.85. The number of nitrogens with zero attached hydrogens (tertiary/aromatic N) is 4. The first-order chi connectivity index (χ1) is 13.5. The number of carbonyl (C=O) groups excluding carboxylic acids is 2. The van der Waals surface area contributed by atoms with Gasteiger partial charge in [0, 0.05) is 38.3 Å². The molecular formula is C23H36N4O2. The summed E-state index contributed by atoms with van der Waals surface area (Å²) in [5, 5.41) is 0. The van der Waals surface area contributed by atoms with E-state index in [1.165, 1.54) is 12.6 Å². The van der Waals surface area contributed by atoms with Gasteiger partial charge in [0.05, 0.1) is 11.9 Å². The minimum Gasteiger partial charge on any atom is -0.339 e. The highest BCUT2D eigenvalue weighted by Gasteiger charge is 2.50. The molecule has 1 saturated heterocycles. The molecule has 2 atom stereocenters. The van der Waals surface area contributed by atoms with Gasteiger partial charge in [0.1, 0.15) is 5.69 Å². The van der Waals surface area contributed by atoms with Crippen LogP contribution in [0.1, 0.15) is 76.5 Å². The molecule has 0 N–H and O–H groups in total. The molecule has 160 valence electrons. The summed E-state index contributed by atoms with van der Waals surface area (Å²) in [6, 6.07) is 0.341. The minimum atomic E-state index is -0.146. The van der Waals surface area contributed by atoms with Crippen LogP contribution >= 0.6 is 0 Å². The van der Waals surface area contributed by atoms with Gasteiger partial charge in [-0.05, 0) is 42.9 Å². The Balaban J connectivity index is 1.66. The molecule has 2 unspecified atom stereocenters. The lowest BCUT2D eigenvalue weighted by Crippen LogP contribution is -2.41. The van der Waals surface area contributed by atoms with Crippen LogP contribution in [-0.2, 0) is 4.79 Å². The molecule has 1 aromatic rings. The molecule has 2 aliphatic rings. The predicted molar refractivity (Wildman–Crippen MR) is 113 cm³/mol. The quantitative estimate of drug-likeness (QED) is 0.730. The van der Waals surface area contributed by atoms with Gasteiger partial charge in [-0.25, -0.2) is 4.98 Å². The lowest BCUT2D eigenvalue weighted by atomic mass is 9.65. The van der Waals surface area contributed by atoms with Crippen LogP contribution in [0.2, 0.25) is 0 Å². The first kappa shape index (κ1) is 21.7. The maximum Gasteiger partial charge on any atom is 0.274 e. The van der Waals surface area contributed by atoms with Crippen molar-refractivity contribution in [2.75, 3.05) is 19.6 Å². The van der Waals surface area contributed by atoms with Crippen molar-refractivity contribution in [2.45, 2.75) is 73.3 Å². The van der Waals surface area contributed by atoms with E-state index in [-0.39, 0.29) is 22.6 Å². The highest BCUT2D eigenvalue weighted by molar-refractivity contribution is 5.92. The first-order valence-corrected chi connectivity index (χ1v) is 10.9. The van der Waals surface area contributed by atoms with Crippen LogP contribution in [0.5, 0.6) is 0 Å². The summed E-state index contributed by atoms with van der Waals surface area (Å²) in [6.45, 7) is 14.8. The monoisotopic (exact) mass is 400 g/mol. The fourth-order valence-corrected chi connectivity index (χ4v) is 5.51. The zero-order valence-corrected chi connectivity index (χ0v) is 18.9. The van der Waals surface area contributed by atoms with E-state index in [1.54, 1.807) is 11.1 Å². The number of hydrogen-bond donors (Lipinski definition) is 0. The Labute approximate surface area is 175 Å². The third-order valence-corrected chi connectivity index (χ3v) is 6.20. The van der Waals surface area contributed by atoms with Crippen molar-refractivity contribution in [1.29, 1.82) is 0 Å². The Morgan fingerprint density at radius 3 is 2.55 bits per heavy atom. The summed E-state index contributed by atoms with van der Waals surface area (Å²) in [7, 11) is 0. The molecule has 1 aromatic heterocycles. The fraction of sp³-hybridized carbons (Fsp3) is 0.739. The van der Waals surface area contributed by atoms with Crippen LogP contribution in [-0.4, -0.2) is 57.3 Å². The third kappa shape index (κ3) is 5.14. The molecule has 1 aliphatic carbocycles. The van der Waals surface area contributed by atoms with Crippen LogP contribution in [0.25, 0.3) is 0 Å². The number of aryl methyl sites for hydroxylation is 1. The van der Waals surface area contributed by atoms with Crippen molar-refractivity contribution in [3.63, 3.8) is 0 Å². The molecule has 2 heterocycles. The second-order valence-corrected chi connectivity index (χ2v) is 10.7. The highest BCUT2D eigenvalue weighted by atomic mass is 16.2. The van der Waals surface area contributed by atoms with Crippen LogP contribution < -0.4 is 0 Å². The van der Waals surface area contributed by atoms with Gasteiger partial charge in [-0.3, -0.25) is 14.6 Å². The van der Waals surface area contributed by atoms with Crippen LogP contribution in [0, 0.1) is 23.7 Å². The van der Waals surface area contributed by atoms with E-state index in [4.69, 9.17) is 0 Å². The number of amides is 2. The maximum absolute atomic E-state index is 13.1. The van der Waals surface area contributed by atoms with Gasteiger partial charge < -0.3 is 9.80 Å². The normalized spacial score (nSPS) is 25.3. The second kappa shape index (κ2) is 8.04. The van der Waals surface area contributed by atoms with E-state index in [0.29, 0.717) is 37.2 Å². The van der Waals surface area contributed by atoms with Crippen molar-refractivity contribution >= 4 is 11.8 Å². The largest absolute Gasteiger partial charge is 0.339 e. The molecule has 1 saturated carbocycles. The summed E-state index contributed by atoms with van der Waals surface area (Å²) in [5.74, 6) is 0.346. The Bertz CT molecular complexity index is 759. The first-order valence-electron chi connectivity index (χ1n) is 10.9. The van der Waals surface area contributed by atoms with Crippen LogP contribution in [0.15, 0.2) is 12.4 Å². The zero-order chi connectivity index (χ0) is 21.4. The van der Waals surface area contributed by atoms with Crippen molar-refractivity contribution in [3.8, 4) is 0 Å². The van der Waals surface area contributed by atoms with E-state index in [0.717, 1.165) is 25.1 Å². The van der Waals surface area contributed by atoms with Crippen molar-refractivity contribution in [1.82, 2.24) is 19.8 Å². The molecule has 1 aliphatic heterocycles. The van der Waals surface area contributed by atoms with E-state index >= 15 is 0 Å². The summed E-state index contributed by atoms with van der Waals surface area (Å²) in [4.78, 5) is 38.3. The fourth-order valence-electron chi connectivity index (χ4n) is 5.51. The van der Waals surface area contributed by atoms with Crippen molar-refractivity contribution in [2.24, 2.45) is 16.7 Å². The minimum absolute atomic E-state index is 0.146. The highest BCUT2D eigenvalue weighted by Crippen LogP contribution is 2.52. The lowest BCUT2D eigenvalue weighted by molar-refractivity contribution is -0.132. The molecular weight excluding hydrogens is 364 g/mol. The predicted octanol–water partition coefficient (Wildman–Crippen LogP) is 3.70. The molecule has 2 amide bonds.